The molecule has 0 saturated heterocycles. The van der Waals surface area contributed by atoms with E-state index in [1.165, 1.54) is 12.8 Å². The number of carbonyl (C=O) groups is 1. The second kappa shape index (κ2) is 18.9. The highest BCUT2D eigenvalue weighted by molar-refractivity contribution is 5.66. The fraction of sp³-hybridized carbons (Fsp3) is 0.667. The summed E-state index contributed by atoms with van der Waals surface area (Å²) in [5.41, 5.74) is 0. The van der Waals surface area contributed by atoms with Crippen molar-refractivity contribution in [2.45, 2.75) is 83.2 Å². The molecule has 0 aromatic heterocycles. The molecular weight excluding hydrogens is 316 g/mol. The third-order valence-electron chi connectivity index (χ3n) is 3.92. The minimum Gasteiger partial charge on any atom is -0.481 e. The summed E-state index contributed by atoms with van der Waals surface area (Å²) in [5, 5.41) is 26.4. The van der Waals surface area contributed by atoms with Crippen LogP contribution in [0, 0.1) is 0 Å². The topological polar surface area (TPSA) is 77.8 Å². The Kier molecular flexibility index (Phi) is 17.9. The Balaban J connectivity index is 3.33. The zero-order valence-electron chi connectivity index (χ0n) is 15.5. The quantitative estimate of drug-likeness (QED) is 0.260. The van der Waals surface area contributed by atoms with Crippen LogP contribution in [0.15, 0.2) is 36.5 Å². The number of hydrogen-bond donors (Lipinski definition) is 3. The molecule has 0 aliphatic rings. The van der Waals surface area contributed by atoms with Gasteiger partial charge in [0.2, 0.25) is 0 Å². The van der Waals surface area contributed by atoms with Crippen molar-refractivity contribution < 1.29 is 20.1 Å². The van der Waals surface area contributed by atoms with Crippen molar-refractivity contribution in [3.63, 3.8) is 0 Å². The summed E-state index contributed by atoms with van der Waals surface area (Å²) in [6, 6.07) is 0. The van der Waals surface area contributed by atoms with Crippen molar-refractivity contribution in [3.05, 3.63) is 36.5 Å². The lowest BCUT2D eigenvalue weighted by atomic mass is 10.1. The van der Waals surface area contributed by atoms with Crippen molar-refractivity contribution in [1.82, 2.24) is 0 Å². The number of carboxylic acids is 1. The van der Waals surface area contributed by atoms with E-state index in [0.717, 1.165) is 51.4 Å². The number of hydrogen-bond acceptors (Lipinski definition) is 3. The van der Waals surface area contributed by atoms with Crippen LogP contribution in [0.25, 0.3) is 0 Å². The van der Waals surface area contributed by atoms with Gasteiger partial charge in [0.15, 0.2) is 0 Å². The molecule has 0 aliphatic heterocycles. The molecule has 0 rings (SSSR count). The molecule has 0 aromatic carbocycles. The van der Waals surface area contributed by atoms with Gasteiger partial charge in [0.25, 0.3) is 0 Å². The largest absolute Gasteiger partial charge is 0.481 e. The van der Waals surface area contributed by atoms with Crippen molar-refractivity contribution in [3.8, 4) is 0 Å². The van der Waals surface area contributed by atoms with Gasteiger partial charge >= 0.3 is 5.97 Å². The van der Waals surface area contributed by atoms with Gasteiger partial charge in [0, 0.05) is 6.42 Å². The fourth-order valence-electron chi connectivity index (χ4n) is 2.41. The minimum atomic E-state index is -0.690. The number of rotatable bonds is 17. The molecule has 4 heteroatoms. The summed E-state index contributed by atoms with van der Waals surface area (Å²) in [5.74, 6) is -0.690. The normalized spacial score (nSPS) is 13.4. The highest BCUT2D eigenvalue weighted by atomic mass is 16.4. The van der Waals surface area contributed by atoms with E-state index in [-0.39, 0.29) is 6.61 Å². The maximum absolute atomic E-state index is 10.4. The van der Waals surface area contributed by atoms with Gasteiger partial charge in [0.1, 0.15) is 0 Å². The van der Waals surface area contributed by atoms with Gasteiger partial charge < -0.3 is 15.3 Å². The molecule has 0 bridgehead atoms. The lowest BCUT2D eigenvalue weighted by molar-refractivity contribution is -0.137. The Labute approximate surface area is 153 Å². The summed E-state index contributed by atoms with van der Waals surface area (Å²) in [6.07, 6.45) is 23.6. The Morgan fingerprint density at radius 3 is 1.88 bits per heavy atom. The molecule has 1 atom stereocenters. The molecule has 1 unspecified atom stereocenters. The van der Waals surface area contributed by atoms with Crippen LogP contribution in [0.1, 0.15) is 77.0 Å². The second-order valence-corrected chi connectivity index (χ2v) is 6.35. The minimum absolute atomic E-state index is 0.146. The SMILES string of the molecule is O=C(O)CCCCCCC/C=C\C/C=C\C/C=C\CCCC(O)CO. The first-order chi connectivity index (χ1) is 12.2. The molecule has 25 heavy (non-hydrogen) atoms. The first kappa shape index (κ1) is 23.6. The van der Waals surface area contributed by atoms with Crippen LogP contribution in [-0.2, 0) is 4.79 Å². The molecular formula is C21H36O4. The van der Waals surface area contributed by atoms with Gasteiger partial charge in [-0.1, -0.05) is 55.7 Å². The van der Waals surface area contributed by atoms with E-state index < -0.39 is 12.1 Å². The van der Waals surface area contributed by atoms with Crippen LogP contribution < -0.4 is 0 Å². The Hall–Kier alpha value is -1.39. The van der Waals surface area contributed by atoms with E-state index in [4.69, 9.17) is 10.2 Å². The zero-order valence-corrected chi connectivity index (χ0v) is 15.5. The van der Waals surface area contributed by atoms with Crippen molar-refractivity contribution >= 4 is 5.97 Å². The highest BCUT2D eigenvalue weighted by Crippen LogP contribution is 2.08. The van der Waals surface area contributed by atoms with Crippen LogP contribution in [0.3, 0.4) is 0 Å². The number of unbranched alkanes of at least 4 members (excludes halogenated alkanes) is 6. The fourth-order valence-corrected chi connectivity index (χ4v) is 2.41. The van der Waals surface area contributed by atoms with E-state index in [0.29, 0.717) is 12.8 Å². The van der Waals surface area contributed by atoms with Gasteiger partial charge in [-0.05, 0) is 51.4 Å². The lowest BCUT2D eigenvalue weighted by Crippen LogP contribution is -2.10. The molecule has 144 valence electrons. The molecule has 0 aromatic rings. The molecule has 0 amide bonds. The molecule has 0 aliphatic carbocycles. The Morgan fingerprint density at radius 1 is 0.760 bits per heavy atom. The van der Waals surface area contributed by atoms with Crippen LogP contribution >= 0.6 is 0 Å². The predicted molar refractivity (Wildman–Crippen MR) is 104 cm³/mol. The maximum atomic E-state index is 10.4. The molecule has 4 nitrogen and oxygen atoms in total. The number of carboxylic acid groups (broad SMARTS) is 1. The summed E-state index contributed by atoms with van der Waals surface area (Å²) in [7, 11) is 0. The summed E-state index contributed by atoms with van der Waals surface area (Å²) < 4.78 is 0. The van der Waals surface area contributed by atoms with Crippen molar-refractivity contribution in [2.24, 2.45) is 0 Å². The molecule has 0 fully saturated rings. The maximum Gasteiger partial charge on any atom is 0.303 e. The van der Waals surface area contributed by atoms with Crippen LogP contribution in [0.2, 0.25) is 0 Å². The Morgan fingerprint density at radius 2 is 1.28 bits per heavy atom. The molecule has 0 heterocycles. The summed E-state index contributed by atoms with van der Waals surface area (Å²) in [4.78, 5) is 10.4. The van der Waals surface area contributed by atoms with E-state index in [1.807, 2.05) is 0 Å². The molecule has 3 N–H and O–H groups in total. The second-order valence-electron chi connectivity index (χ2n) is 6.35. The van der Waals surface area contributed by atoms with E-state index in [2.05, 4.69) is 36.5 Å². The number of aliphatic hydroxyl groups is 2. The van der Waals surface area contributed by atoms with Crippen LogP contribution in [0.4, 0.5) is 0 Å². The first-order valence-corrected chi connectivity index (χ1v) is 9.62. The van der Waals surface area contributed by atoms with Crippen molar-refractivity contribution in [2.75, 3.05) is 6.61 Å². The highest BCUT2D eigenvalue weighted by Gasteiger charge is 1.98. The Bertz CT molecular complexity index is 385. The average molecular weight is 353 g/mol. The average Bonchev–Trinajstić information content (AvgIpc) is 2.60. The smallest absolute Gasteiger partial charge is 0.303 e. The van der Waals surface area contributed by atoms with E-state index >= 15 is 0 Å². The third-order valence-corrected chi connectivity index (χ3v) is 3.92. The molecule has 0 radical (unpaired) electrons. The first-order valence-electron chi connectivity index (χ1n) is 9.62. The van der Waals surface area contributed by atoms with Gasteiger partial charge in [-0.15, -0.1) is 0 Å². The lowest BCUT2D eigenvalue weighted by Gasteiger charge is -2.03. The van der Waals surface area contributed by atoms with Gasteiger partial charge in [-0.2, -0.15) is 0 Å². The van der Waals surface area contributed by atoms with E-state index in [1.54, 1.807) is 0 Å². The van der Waals surface area contributed by atoms with Crippen molar-refractivity contribution in [1.29, 1.82) is 0 Å². The van der Waals surface area contributed by atoms with Gasteiger partial charge in [-0.25, -0.2) is 0 Å². The van der Waals surface area contributed by atoms with Gasteiger partial charge in [-0.3, -0.25) is 4.79 Å². The monoisotopic (exact) mass is 352 g/mol. The summed E-state index contributed by atoms with van der Waals surface area (Å²) in [6.45, 7) is -0.146. The number of aliphatic hydroxyl groups excluding tert-OH is 2. The number of aliphatic carboxylic acids is 1. The van der Waals surface area contributed by atoms with Crippen LogP contribution in [-0.4, -0.2) is 34.0 Å². The standard InChI is InChI=1S/C21H36O4/c22-19-20(23)17-15-13-11-9-7-5-3-1-2-4-6-8-10-12-14-16-18-21(24)25/h2-5,9,11,20,22-23H,1,6-8,10,12-19H2,(H,24,25)/b4-2-,5-3-,11-9-. The number of allylic oxidation sites excluding steroid dienone is 6. The zero-order chi connectivity index (χ0) is 18.6. The molecule has 0 saturated carbocycles. The van der Waals surface area contributed by atoms with Gasteiger partial charge in [0.05, 0.1) is 12.7 Å². The van der Waals surface area contributed by atoms with E-state index in [9.17, 15) is 9.90 Å². The predicted octanol–water partition coefficient (Wildman–Crippen LogP) is 4.77. The summed E-state index contributed by atoms with van der Waals surface area (Å²) >= 11 is 0. The third kappa shape index (κ3) is 20.6. The molecule has 0 spiro atoms. The van der Waals surface area contributed by atoms with Crippen LogP contribution in [0.5, 0.6) is 0 Å².